The molecule has 0 radical (unpaired) electrons. The first-order valence-corrected chi connectivity index (χ1v) is 9.95. The smallest absolute Gasteiger partial charge is 0.406 e. The summed E-state index contributed by atoms with van der Waals surface area (Å²) >= 11 is 0. The lowest BCUT2D eigenvalue weighted by Gasteiger charge is -2.16. The number of methoxy groups -OCH3 is 1. The van der Waals surface area contributed by atoms with Gasteiger partial charge in [-0.25, -0.2) is 0 Å². The van der Waals surface area contributed by atoms with Crippen LogP contribution in [-0.4, -0.2) is 29.3 Å². The molecule has 2 heterocycles. The van der Waals surface area contributed by atoms with Gasteiger partial charge in [0, 0.05) is 37.5 Å². The maximum atomic E-state index is 13.0. The summed E-state index contributed by atoms with van der Waals surface area (Å²) < 4.78 is 46.0. The van der Waals surface area contributed by atoms with Crippen molar-refractivity contribution in [2.24, 2.45) is 0 Å². The predicted molar refractivity (Wildman–Crippen MR) is 112 cm³/mol. The molecule has 1 amide bonds. The monoisotopic (exact) mass is 442 g/mol. The highest BCUT2D eigenvalue weighted by Crippen LogP contribution is 2.32. The van der Waals surface area contributed by atoms with E-state index in [2.05, 4.69) is 9.72 Å². The van der Waals surface area contributed by atoms with Crippen LogP contribution in [0, 0.1) is 6.92 Å². The molecule has 0 spiro atoms. The fraction of sp³-hybridized carbons (Fsp3) is 0.250. The summed E-state index contributed by atoms with van der Waals surface area (Å²) in [5.41, 5.74) is 5.94. The van der Waals surface area contributed by atoms with Crippen LogP contribution < -0.4 is 4.74 Å². The molecule has 2 aromatic carbocycles. The van der Waals surface area contributed by atoms with Crippen LogP contribution >= 0.6 is 0 Å². The van der Waals surface area contributed by atoms with Crippen molar-refractivity contribution in [3.8, 4) is 16.9 Å². The number of carbonyl (C=O) groups excluding carboxylic acids is 1. The standard InChI is InChI=1S/C24H21F3N2O3/c1-15-9-18(17-5-6-20(14-31-2)28-11-17)10-19-13-29(23(30)22(15)19)12-16-3-7-21(8-4-16)32-24(25,26)27/h3-11H,12-14H2,1-2H3. The third-order valence-corrected chi connectivity index (χ3v) is 5.26. The van der Waals surface area contributed by atoms with Crippen LogP contribution in [0.3, 0.4) is 0 Å². The van der Waals surface area contributed by atoms with Crippen molar-refractivity contribution in [1.82, 2.24) is 9.88 Å². The van der Waals surface area contributed by atoms with Gasteiger partial charge in [0.05, 0.1) is 12.3 Å². The van der Waals surface area contributed by atoms with Crippen molar-refractivity contribution in [3.63, 3.8) is 0 Å². The highest BCUT2D eigenvalue weighted by molar-refractivity contribution is 6.00. The van der Waals surface area contributed by atoms with Crippen molar-refractivity contribution in [1.29, 1.82) is 0 Å². The summed E-state index contributed by atoms with van der Waals surface area (Å²) in [5.74, 6) is -0.379. The molecule has 32 heavy (non-hydrogen) atoms. The molecule has 1 aliphatic rings. The van der Waals surface area contributed by atoms with Crippen LogP contribution in [0.4, 0.5) is 13.2 Å². The van der Waals surface area contributed by atoms with Crippen LogP contribution in [0.25, 0.3) is 11.1 Å². The van der Waals surface area contributed by atoms with Gasteiger partial charge in [0.25, 0.3) is 5.91 Å². The van der Waals surface area contributed by atoms with E-state index in [1.807, 2.05) is 31.2 Å². The second-order valence-corrected chi connectivity index (χ2v) is 7.65. The Hall–Kier alpha value is -3.39. The van der Waals surface area contributed by atoms with E-state index in [-0.39, 0.29) is 11.7 Å². The molecule has 0 saturated carbocycles. The Morgan fingerprint density at radius 3 is 2.44 bits per heavy atom. The molecule has 0 aliphatic carbocycles. The number of hydrogen-bond donors (Lipinski definition) is 0. The minimum absolute atomic E-state index is 0.0896. The van der Waals surface area contributed by atoms with Crippen LogP contribution in [0.2, 0.25) is 0 Å². The lowest BCUT2D eigenvalue weighted by molar-refractivity contribution is -0.274. The van der Waals surface area contributed by atoms with Gasteiger partial charge in [-0.05, 0) is 53.4 Å². The van der Waals surface area contributed by atoms with Crippen molar-refractivity contribution in [3.05, 3.63) is 82.7 Å². The lowest BCUT2D eigenvalue weighted by Crippen LogP contribution is -2.23. The molecule has 0 fully saturated rings. The Morgan fingerprint density at radius 2 is 1.81 bits per heavy atom. The number of hydrogen-bond acceptors (Lipinski definition) is 4. The van der Waals surface area contributed by atoms with Crippen LogP contribution in [-0.2, 0) is 24.4 Å². The summed E-state index contributed by atoms with van der Waals surface area (Å²) in [6.07, 6.45) is -2.95. The minimum atomic E-state index is -4.73. The SMILES string of the molecule is COCc1ccc(-c2cc(C)c3c(c2)CN(Cc2ccc(OC(F)(F)F)cc2)C3=O)cn1. The van der Waals surface area contributed by atoms with Crippen molar-refractivity contribution in [2.45, 2.75) is 33.0 Å². The van der Waals surface area contributed by atoms with Gasteiger partial charge in [-0.2, -0.15) is 0 Å². The summed E-state index contributed by atoms with van der Waals surface area (Å²) in [5, 5.41) is 0. The van der Waals surface area contributed by atoms with Crippen LogP contribution in [0.15, 0.2) is 54.7 Å². The Morgan fingerprint density at radius 1 is 1.06 bits per heavy atom. The van der Waals surface area contributed by atoms with Gasteiger partial charge in [-0.1, -0.05) is 24.3 Å². The molecular weight excluding hydrogens is 421 g/mol. The Kier molecular flexibility index (Phi) is 5.88. The summed E-state index contributed by atoms with van der Waals surface area (Å²) in [7, 11) is 1.62. The predicted octanol–water partition coefficient (Wildman–Crippen LogP) is 5.26. The van der Waals surface area contributed by atoms with E-state index in [1.54, 1.807) is 18.2 Å². The van der Waals surface area contributed by atoms with E-state index < -0.39 is 6.36 Å². The molecule has 1 aliphatic heterocycles. The van der Waals surface area contributed by atoms with E-state index >= 15 is 0 Å². The van der Waals surface area contributed by atoms with Gasteiger partial charge in [-0.3, -0.25) is 9.78 Å². The molecular formula is C24H21F3N2O3. The summed E-state index contributed by atoms with van der Waals surface area (Å²) in [6, 6.07) is 13.4. The maximum Gasteiger partial charge on any atom is 0.573 e. The fourth-order valence-electron chi connectivity index (χ4n) is 3.87. The summed E-state index contributed by atoms with van der Waals surface area (Å²) in [4.78, 5) is 19.0. The lowest BCUT2D eigenvalue weighted by atomic mass is 9.97. The molecule has 4 rings (SSSR count). The van der Waals surface area contributed by atoms with E-state index in [0.29, 0.717) is 25.3 Å². The van der Waals surface area contributed by atoms with E-state index in [9.17, 15) is 18.0 Å². The molecule has 0 unspecified atom stereocenters. The second kappa shape index (κ2) is 8.63. The van der Waals surface area contributed by atoms with Gasteiger partial charge in [0.15, 0.2) is 0 Å². The van der Waals surface area contributed by atoms with E-state index in [1.165, 1.54) is 24.3 Å². The first kappa shape index (κ1) is 21.8. The molecule has 1 aromatic heterocycles. The first-order chi connectivity index (χ1) is 15.2. The van der Waals surface area contributed by atoms with Crippen molar-refractivity contribution < 1.29 is 27.4 Å². The molecule has 0 saturated heterocycles. The molecule has 8 heteroatoms. The fourth-order valence-corrected chi connectivity index (χ4v) is 3.87. The number of benzene rings is 2. The Bertz CT molecular complexity index is 1130. The highest BCUT2D eigenvalue weighted by Gasteiger charge is 2.32. The highest BCUT2D eigenvalue weighted by atomic mass is 19.4. The zero-order valence-corrected chi connectivity index (χ0v) is 17.6. The zero-order valence-electron chi connectivity index (χ0n) is 17.6. The van der Waals surface area contributed by atoms with Gasteiger partial charge in [0.2, 0.25) is 0 Å². The molecule has 0 atom stereocenters. The Labute approximate surface area is 183 Å². The third-order valence-electron chi connectivity index (χ3n) is 5.26. The number of fused-ring (bicyclic) bond motifs is 1. The number of pyridine rings is 1. The number of nitrogens with zero attached hydrogens (tertiary/aromatic N) is 2. The van der Waals surface area contributed by atoms with Crippen molar-refractivity contribution >= 4 is 5.91 Å². The molecule has 166 valence electrons. The first-order valence-electron chi connectivity index (χ1n) is 9.95. The normalized spacial score (nSPS) is 13.4. The second-order valence-electron chi connectivity index (χ2n) is 7.65. The van der Waals surface area contributed by atoms with E-state index in [4.69, 9.17) is 4.74 Å². The number of halogens is 3. The quantitative estimate of drug-likeness (QED) is 0.523. The van der Waals surface area contributed by atoms with Crippen LogP contribution in [0.1, 0.15) is 32.7 Å². The topological polar surface area (TPSA) is 51.7 Å². The van der Waals surface area contributed by atoms with Crippen LogP contribution in [0.5, 0.6) is 5.75 Å². The zero-order chi connectivity index (χ0) is 22.9. The number of amides is 1. The average molecular weight is 442 g/mol. The summed E-state index contributed by atoms with van der Waals surface area (Å²) in [6.45, 7) is 3.07. The van der Waals surface area contributed by atoms with Gasteiger partial charge >= 0.3 is 6.36 Å². The maximum absolute atomic E-state index is 13.0. The number of aromatic nitrogens is 1. The average Bonchev–Trinajstić information content (AvgIpc) is 3.05. The van der Waals surface area contributed by atoms with Crippen molar-refractivity contribution in [2.75, 3.05) is 7.11 Å². The number of ether oxygens (including phenoxy) is 2. The van der Waals surface area contributed by atoms with E-state index in [0.717, 1.165) is 33.5 Å². The number of carbonyl (C=O) groups is 1. The number of alkyl halides is 3. The van der Waals surface area contributed by atoms with Gasteiger partial charge in [-0.15, -0.1) is 13.2 Å². The number of aryl methyl sites for hydroxylation is 1. The van der Waals surface area contributed by atoms with Gasteiger partial charge in [0.1, 0.15) is 5.75 Å². The molecule has 3 aromatic rings. The molecule has 0 bridgehead atoms. The Balaban J connectivity index is 1.51. The van der Waals surface area contributed by atoms with Gasteiger partial charge < -0.3 is 14.4 Å². The molecule has 0 N–H and O–H groups in total. The minimum Gasteiger partial charge on any atom is -0.406 e. The largest absolute Gasteiger partial charge is 0.573 e. The third kappa shape index (κ3) is 4.75. The number of rotatable bonds is 6. The molecule has 5 nitrogen and oxygen atoms in total.